The van der Waals surface area contributed by atoms with Crippen molar-refractivity contribution in [1.29, 1.82) is 0 Å². The van der Waals surface area contributed by atoms with Gasteiger partial charge in [0, 0.05) is 19.3 Å². The van der Waals surface area contributed by atoms with Crippen LogP contribution in [-0.2, 0) is 0 Å². The third-order valence-corrected chi connectivity index (χ3v) is 2.18. The zero-order valence-electron chi connectivity index (χ0n) is 6.53. The Hall–Kier alpha value is -0.920. The van der Waals surface area contributed by atoms with Gasteiger partial charge in [-0.1, -0.05) is 0 Å². The van der Waals surface area contributed by atoms with E-state index in [1.807, 2.05) is 12.3 Å². The Balaban J connectivity index is 1.84. The molecule has 2 aliphatic rings. The Kier molecular flexibility index (Phi) is 1.60. The van der Waals surface area contributed by atoms with Crippen molar-refractivity contribution in [3.8, 4) is 0 Å². The van der Waals surface area contributed by atoms with Crippen molar-refractivity contribution in [3.05, 3.63) is 24.1 Å². The van der Waals surface area contributed by atoms with Crippen LogP contribution in [0.3, 0.4) is 0 Å². The van der Waals surface area contributed by atoms with E-state index in [1.54, 1.807) is 6.08 Å². The Morgan fingerprint density at radius 1 is 1.55 bits per heavy atom. The van der Waals surface area contributed by atoms with Crippen molar-refractivity contribution in [2.75, 3.05) is 13.1 Å². The molecule has 0 spiro atoms. The largest absolute Gasteiger partial charge is 0.508 e. The van der Waals surface area contributed by atoms with Crippen molar-refractivity contribution >= 4 is 0 Å². The summed E-state index contributed by atoms with van der Waals surface area (Å²) in [5.74, 6) is 1.32. The Morgan fingerprint density at radius 3 is 2.91 bits per heavy atom. The lowest BCUT2D eigenvalue weighted by Gasteiger charge is -2.20. The van der Waals surface area contributed by atoms with E-state index in [1.165, 1.54) is 19.4 Å². The van der Waals surface area contributed by atoms with E-state index in [0.717, 1.165) is 12.5 Å². The van der Waals surface area contributed by atoms with E-state index in [-0.39, 0.29) is 0 Å². The molecule has 1 saturated carbocycles. The second kappa shape index (κ2) is 2.61. The maximum Gasteiger partial charge on any atom is 0.114 e. The molecule has 0 atom stereocenters. The number of rotatable bonds is 2. The molecule has 11 heavy (non-hydrogen) atoms. The second-order valence-corrected chi connectivity index (χ2v) is 3.34. The van der Waals surface area contributed by atoms with Crippen molar-refractivity contribution < 1.29 is 5.11 Å². The number of hydrogen-bond acceptors (Lipinski definition) is 2. The van der Waals surface area contributed by atoms with Crippen LogP contribution in [0, 0.1) is 5.92 Å². The third kappa shape index (κ3) is 1.76. The molecule has 2 heteroatoms. The molecule has 1 fully saturated rings. The Bertz CT molecular complexity index is 204. The maximum absolute atomic E-state index is 9.02. The summed E-state index contributed by atoms with van der Waals surface area (Å²) in [6, 6.07) is 0. The van der Waals surface area contributed by atoms with E-state index in [9.17, 15) is 0 Å². The standard InChI is InChI=1S/C9H13NO/c11-9-3-5-10(6-4-9)7-8-1-2-8/h3-5,8,11H,1-2,6-7H2. The molecule has 2 nitrogen and oxygen atoms in total. The van der Waals surface area contributed by atoms with E-state index < -0.39 is 0 Å². The molecule has 0 saturated heterocycles. The van der Waals surface area contributed by atoms with Crippen molar-refractivity contribution in [2.24, 2.45) is 5.92 Å². The van der Waals surface area contributed by atoms with Gasteiger partial charge >= 0.3 is 0 Å². The van der Waals surface area contributed by atoms with Crippen molar-refractivity contribution in [2.45, 2.75) is 12.8 Å². The van der Waals surface area contributed by atoms with Crippen LogP contribution in [0.4, 0.5) is 0 Å². The SMILES string of the molecule is OC1=CCN(CC2CC2)C=C1. The minimum atomic E-state index is 0.400. The van der Waals surface area contributed by atoms with Crippen molar-refractivity contribution in [3.63, 3.8) is 0 Å². The lowest BCUT2D eigenvalue weighted by atomic mass is 10.3. The van der Waals surface area contributed by atoms with Crippen LogP contribution in [0.15, 0.2) is 24.1 Å². The third-order valence-electron chi connectivity index (χ3n) is 2.18. The van der Waals surface area contributed by atoms with Crippen LogP contribution >= 0.6 is 0 Å². The van der Waals surface area contributed by atoms with Gasteiger partial charge in [-0.3, -0.25) is 0 Å². The molecule has 1 N–H and O–H groups in total. The topological polar surface area (TPSA) is 23.5 Å². The predicted octanol–water partition coefficient (Wildman–Crippen LogP) is 1.67. The number of aliphatic hydroxyl groups excluding tert-OH is 1. The quantitative estimate of drug-likeness (QED) is 0.649. The first-order valence-corrected chi connectivity index (χ1v) is 4.16. The molecule has 1 aliphatic carbocycles. The molecule has 0 amide bonds. The van der Waals surface area contributed by atoms with Crippen LogP contribution in [0.5, 0.6) is 0 Å². The first-order valence-electron chi connectivity index (χ1n) is 4.16. The smallest absolute Gasteiger partial charge is 0.114 e. The first kappa shape index (κ1) is 6.77. The van der Waals surface area contributed by atoms with E-state index in [4.69, 9.17) is 5.11 Å². The van der Waals surface area contributed by atoms with E-state index >= 15 is 0 Å². The molecule has 0 aromatic carbocycles. The number of nitrogens with zero attached hydrogens (tertiary/aromatic N) is 1. The molecule has 1 aliphatic heterocycles. The van der Waals surface area contributed by atoms with Gasteiger partial charge in [-0.2, -0.15) is 0 Å². The zero-order valence-corrected chi connectivity index (χ0v) is 6.53. The summed E-state index contributed by atoms with van der Waals surface area (Å²) in [5, 5.41) is 9.02. The molecule has 1 heterocycles. The highest BCUT2D eigenvalue weighted by Crippen LogP contribution is 2.30. The summed E-state index contributed by atoms with van der Waals surface area (Å²) in [6.45, 7) is 2.04. The van der Waals surface area contributed by atoms with Crippen LogP contribution < -0.4 is 0 Å². The molecular formula is C9H13NO. The minimum absolute atomic E-state index is 0.400. The first-order chi connectivity index (χ1) is 5.34. The molecule has 0 aromatic heterocycles. The average molecular weight is 151 g/mol. The fraction of sp³-hybridized carbons (Fsp3) is 0.556. The number of allylic oxidation sites excluding steroid dienone is 1. The molecule has 0 radical (unpaired) electrons. The van der Waals surface area contributed by atoms with Crippen LogP contribution in [-0.4, -0.2) is 23.1 Å². The minimum Gasteiger partial charge on any atom is -0.508 e. The van der Waals surface area contributed by atoms with Gasteiger partial charge < -0.3 is 10.0 Å². The average Bonchev–Trinajstić information content (AvgIpc) is 2.78. The van der Waals surface area contributed by atoms with Gasteiger partial charge in [0.1, 0.15) is 5.76 Å². The molecule has 0 unspecified atom stereocenters. The van der Waals surface area contributed by atoms with Crippen molar-refractivity contribution in [1.82, 2.24) is 4.90 Å². The summed E-state index contributed by atoms with van der Waals surface area (Å²) < 4.78 is 0. The lowest BCUT2D eigenvalue weighted by molar-refractivity contribution is 0.362. The van der Waals surface area contributed by atoms with Gasteiger partial charge in [0.25, 0.3) is 0 Å². The van der Waals surface area contributed by atoms with Gasteiger partial charge in [0.05, 0.1) is 0 Å². The summed E-state index contributed by atoms with van der Waals surface area (Å²) >= 11 is 0. The second-order valence-electron chi connectivity index (χ2n) is 3.34. The monoisotopic (exact) mass is 151 g/mol. The molecule has 2 rings (SSSR count). The molecule has 0 bridgehead atoms. The summed E-state index contributed by atoms with van der Waals surface area (Å²) in [4.78, 5) is 2.25. The summed E-state index contributed by atoms with van der Waals surface area (Å²) in [7, 11) is 0. The van der Waals surface area contributed by atoms with Crippen LogP contribution in [0.2, 0.25) is 0 Å². The summed E-state index contributed by atoms with van der Waals surface area (Å²) in [6.07, 6.45) is 8.36. The molecule has 0 aromatic rings. The molecule has 60 valence electrons. The van der Waals surface area contributed by atoms with Gasteiger partial charge in [0.15, 0.2) is 0 Å². The van der Waals surface area contributed by atoms with Crippen LogP contribution in [0.25, 0.3) is 0 Å². The van der Waals surface area contributed by atoms with Crippen LogP contribution in [0.1, 0.15) is 12.8 Å². The fourth-order valence-corrected chi connectivity index (χ4v) is 1.29. The van der Waals surface area contributed by atoms with Gasteiger partial charge in [-0.25, -0.2) is 0 Å². The Labute approximate surface area is 66.8 Å². The highest BCUT2D eigenvalue weighted by atomic mass is 16.3. The van der Waals surface area contributed by atoms with Gasteiger partial charge in [-0.15, -0.1) is 0 Å². The Morgan fingerprint density at radius 2 is 2.36 bits per heavy atom. The molecular weight excluding hydrogens is 138 g/mol. The summed E-state index contributed by atoms with van der Waals surface area (Å²) in [5.41, 5.74) is 0. The normalized spacial score (nSPS) is 23.6. The predicted molar refractivity (Wildman–Crippen MR) is 44.1 cm³/mol. The highest BCUT2D eigenvalue weighted by molar-refractivity contribution is 5.15. The fourth-order valence-electron chi connectivity index (χ4n) is 1.29. The lowest BCUT2D eigenvalue weighted by Crippen LogP contribution is -2.22. The van der Waals surface area contributed by atoms with E-state index in [2.05, 4.69) is 4.90 Å². The zero-order chi connectivity index (χ0) is 7.68. The number of aliphatic hydroxyl groups is 1. The van der Waals surface area contributed by atoms with Gasteiger partial charge in [-0.05, 0) is 30.9 Å². The van der Waals surface area contributed by atoms with Gasteiger partial charge in [0.2, 0.25) is 0 Å². The van der Waals surface area contributed by atoms with E-state index in [0.29, 0.717) is 5.76 Å². The maximum atomic E-state index is 9.02. The highest BCUT2D eigenvalue weighted by Gasteiger charge is 2.23. The number of hydrogen-bond donors (Lipinski definition) is 1.